The van der Waals surface area contributed by atoms with E-state index in [1.54, 1.807) is 13.2 Å². The van der Waals surface area contributed by atoms with Crippen LogP contribution in [0.25, 0.3) is 10.9 Å². The summed E-state index contributed by atoms with van der Waals surface area (Å²) in [6, 6.07) is 7.38. The molecule has 0 aliphatic carbocycles. The number of carbonyl (C=O) groups excluding carboxylic acids is 1. The topological polar surface area (TPSA) is 39.2 Å². The van der Waals surface area contributed by atoms with Crippen LogP contribution in [0.4, 0.5) is 0 Å². The minimum absolute atomic E-state index is 0.503. The zero-order valence-electron chi connectivity index (χ0n) is 8.03. The Hall–Kier alpha value is -1.42. The third-order valence-electron chi connectivity index (χ3n) is 2.15. The van der Waals surface area contributed by atoms with Gasteiger partial charge in [0.1, 0.15) is 0 Å². The molecule has 76 valence electrons. The normalized spacial score (nSPS) is 10.3. The molecule has 0 aliphatic heterocycles. The molecule has 1 heterocycles. The number of benzene rings is 1. The van der Waals surface area contributed by atoms with Gasteiger partial charge in [-0.1, -0.05) is 6.07 Å². The van der Waals surface area contributed by atoms with Gasteiger partial charge in [-0.05, 0) is 28.1 Å². The summed E-state index contributed by atoms with van der Waals surface area (Å²) in [5.41, 5.74) is 1.20. The van der Waals surface area contributed by atoms with E-state index in [1.165, 1.54) is 0 Å². The number of carbonyl (C=O) groups is 1. The van der Waals surface area contributed by atoms with Gasteiger partial charge in [0.05, 0.1) is 18.2 Å². The van der Waals surface area contributed by atoms with E-state index >= 15 is 0 Å². The molecule has 1 aromatic heterocycles. The van der Waals surface area contributed by atoms with Crippen LogP contribution in [0.5, 0.6) is 5.88 Å². The quantitative estimate of drug-likeness (QED) is 0.784. The van der Waals surface area contributed by atoms with Crippen LogP contribution in [0.1, 0.15) is 10.4 Å². The van der Waals surface area contributed by atoms with Crippen molar-refractivity contribution < 1.29 is 9.53 Å². The van der Waals surface area contributed by atoms with Gasteiger partial charge in [-0.15, -0.1) is 0 Å². The molecule has 15 heavy (non-hydrogen) atoms. The largest absolute Gasteiger partial charge is 0.481 e. The Morgan fingerprint density at radius 3 is 2.73 bits per heavy atom. The van der Waals surface area contributed by atoms with Gasteiger partial charge in [0.15, 0.2) is 6.29 Å². The maximum absolute atomic E-state index is 10.9. The van der Waals surface area contributed by atoms with Crippen molar-refractivity contribution in [2.45, 2.75) is 0 Å². The fourth-order valence-corrected chi connectivity index (χ4v) is 1.81. The number of rotatable bonds is 2. The van der Waals surface area contributed by atoms with E-state index in [0.717, 1.165) is 16.1 Å². The van der Waals surface area contributed by atoms with E-state index in [4.69, 9.17) is 4.74 Å². The van der Waals surface area contributed by atoms with Crippen LogP contribution >= 0.6 is 15.9 Å². The van der Waals surface area contributed by atoms with Crippen molar-refractivity contribution >= 4 is 33.1 Å². The van der Waals surface area contributed by atoms with E-state index in [9.17, 15) is 4.79 Å². The number of hydrogen-bond donors (Lipinski definition) is 0. The van der Waals surface area contributed by atoms with Gasteiger partial charge in [-0.3, -0.25) is 4.79 Å². The van der Waals surface area contributed by atoms with E-state index in [0.29, 0.717) is 17.0 Å². The fourth-order valence-electron chi connectivity index (χ4n) is 1.39. The lowest BCUT2D eigenvalue weighted by Crippen LogP contribution is -1.92. The maximum atomic E-state index is 10.9. The summed E-state index contributed by atoms with van der Waals surface area (Å²) < 4.78 is 5.76. The average Bonchev–Trinajstić information content (AvgIpc) is 2.28. The summed E-state index contributed by atoms with van der Waals surface area (Å²) in [7, 11) is 1.55. The van der Waals surface area contributed by atoms with Crippen LogP contribution in [-0.2, 0) is 0 Å². The lowest BCUT2D eigenvalue weighted by atomic mass is 10.1. The van der Waals surface area contributed by atoms with Crippen molar-refractivity contribution in [3.8, 4) is 5.88 Å². The molecule has 0 spiro atoms. The molecule has 0 bridgehead atoms. The number of aromatic nitrogens is 1. The zero-order valence-corrected chi connectivity index (χ0v) is 9.61. The second kappa shape index (κ2) is 3.98. The van der Waals surface area contributed by atoms with Crippen LogP contribution < -0.4 is 4.74 Å². The standard InChI is InChI=1S/C11H8BrNO2/c1-15-10-5-3-7-2-4-9(12)8(6-14)11(7)13-10/h2-6H,1H3. The van der Waals surface area contributed by atoms with Gasteiger partial charge >= 0.3 is 0 Å². The number of pyridine rings is 1. The third kappa shape index (κ3) is 1.72. The number of fused-ring (bicyclic) bond motifs is 1. The molecule has 2 aromatic rings. The summed E-state index contributed by atoms with van der Waals surface area (Å²) in [5.74, 6) is 0.503. The number of hydrogen-bond acceptors (Lipinski definition) is 3. The molecule has 0 amide bonds. The van der Waals surface area contributed by atoms with Crippen molar-refractivity contribution in [1.29, 1.82) is 0 Å². The van der Waals surface area contributed by atoms with Crippen molar-refractivity contribution in [3.63, 3.8) is 0 Å². The average molecular weight is 266 g/mol. The molecule has 2 rings (SSSR count). The summed E-state index contributed by atoms with van der Waals surface area (Å²) >= 11 is 3.31. The Morgan fingerprint density at radius 2 is 2.07 bits per heavy atom. The zero-order chi connectivity index (χ0) is 10.8. The summed E-state index contributed by atoms with van der Waals surface area (Å²) in [6.45, 7) is 0. The number of nitrogens with zero attached hydrogens (tertiary/aromatic N) is 1. The maximum Gasteiger partial charge on any atom is 0.213 e. The second-order valence-corrected chi connectivity index (χ2v) is 3.86. The minimum atomic E-state index is 0.503. The number of aldehydes is 1. The summed E-state index contributed by atoms with van der Waals surface area (Å²) in [4.78, 5) is 15.2. The molecule has 4 heteroatoms. The summed E-state index contributed by atoms with van der Waals surface area (Å²) in [6.07, 6.45) is 0.791. The first-order valence-corrected chi connectivity index (χ1v) is 5.14. The molecular formula is C11H8BrNO2. The van der Waals surface area contributed by atoms with E-state index in [2.05, 4.69) is 20.9 Å². The van der Waals surface area contributed by atoms with Crippen LogP contribution in [-0.4, -0.2) is 18.4 Å². The molecule has 0 N–H and O–H groups in total. The highest BCUT2D eigenvalue weighted by Crippen LogP contribution is 2.25. The second-order valence-electron chi connectivity index (χ2n) is 3.00. The highest BCUT2D eigenvalue weighted by molar-refractivity contribution is 9.10. The molecule has 0 aliphatic rings. The first-order valence-electron chi connectivity index (χ1n) is 4.34. The Labute approximate surface area is 95.2 Å². The van der Waals surface area contributed by atoms with Gasteiger partial charge in [0.2, 0.25) is 5.88 Å². The van der Waals surface area contributed by atoms with Gasteiger partial charge < -0.3 is 4.74 Å². The van der Waals surface area contributed by atoms with E-state index < -0.39 is 0 Å². The number of ether oxygens (including phenoxy) is 1. The van der Waals surface area contributed by atoms with Crippen LogP contribution in [0.2, 0.25) is 0 Å². The Morgan fingerprint density at radius 1 is 1.33 bits per heavy atom. The predicted molar refractivity (Wildman–Crippen MR) is 61.4 cm³/mol. The fraction of sp³-hybridized carbons (Fsp3) is 0.0909. The highest BCUT2D eigenvalue weighted by atomic mass is 79.9. The molecule has 0 saturated carbocycles. The Bertz CT molecular complexity index is 525. The van der Waals surface area contributed by atoms with Crippen molar-refractivity contribution in [1.82, 2.24) is 4.98 Å². The lowest BCUT2D eigenvalue weighted by Gasteiger charge is -2.04. The van der Waals surface area contributed by atoms with Crippen molar-refractivity contribution in [2.24, 2.45) is 0 Å². The van der Waals surface area contributed by atoms with Gasteiger partial charge in [0.25, 0.3) is 0 Å². The molecule has 0 saturated heterocycles. The van der Waals surface area contributed by atoms with Crippen LogP contribution in [0.3, 0.4) is 0 Å². The first kappa shape index (κ1) is 10.1. The Balaban J connectivity index is 2.81. The van der Waals surface area contributed by atoms with Gasteiger partial charge in [-0.25, -0.2) is 4.98 Å². The molecule has 1 aromatic carbocycles. The molecule has 3 nitrogen and oxygen atoms in total. The third-order valence-corrected chi connectivity index (χ3v) is 2.84. The Kier molecular flexibility index (Phi) is 2.68. The summed E-state index contributed by atoms with van der Waals surface area (Å²) in [5, 5.41) is 0.918. The van der Waals surface area contributed by atoms with E-state index in [1.807, 2.05) is 18.2 Å². The molecule has 0 fully saturated rings. The predicted octanol–water partition coefficient (Wildman–Crippen LogP) is 2.82. The van der Waals surface area contributed by atoms with Crippen LogP contribution in [0, 0.1) is 0 Å². The smallest absolute Gasteiger partial charge is 0.213 e. The first-order chi connectivity index (χ1) is 7.26. The van der Waals surface area contributed by atoms with Crippen molar-refractivity contribution in [3.05, 3.63) is 34.3 Å². The molecule has 0 atom stereocenters. The molecule has 0 unspecified atom stereocenters. The van der Waals surface area contributed by atoms with Crippen LogP contribution in [0.15, 0.2) is 28.7 Å². The SMILES string of the molecule is COc1ccc2ccc(Br)c(C=O)c2n1. The molecular weight excluding hydrogens is 258 g/mol. The number of halogens is 1. The van der Waals surface area contributed by atoms with Crippen molar-refractivity contribution in [2.75, 3.05) is 7.11 Å². The number of methoxy groups -OCH3 is 1. The highest BCUT2D eigenvalue weighted by Gasteiger charge is 2.07. The van der Waals surface area contributed by atoms with Gasteiger partial charge in [0, 0.05) is 15.9 Å². The van der Waals surface area contributed by atoms with Gasteiger partial charge in [-0.2, -0.15) is 0 Å². The lowest BCUT2D eigenvalue weighted by molar-refractivity contribution is 0.112. The van der Waals surface area contributed by atoms with E-state index in [-0.39, 0.29) is 0 Å². The minimum Gasteiger partial charge on any atom is -0.481 e. The molecule has 0 radical (unpaired) electrons. The monoisotopic (exact) mass is 265 g/mol.